The van der Waals surface area contributed by atoms with Crippen molar-refractivity contribution < 1.29 is 13.2 Å². The van der Waals surface area contributed by atoms with Crippen molar-refractivity contribution in [1.29, 1.82) is 0 Å². The smallest absolute Gasteiger partial charge is 0.250 e. The number of carbonyl (C=O) groups excluding carboxylic acids is 1. The lowest BCUT2D eigenvalue weighted by atomic mass is 9.98. The summed E-state index contributed by atoms with van der Waals surface area (Å²) >= 11 is 1.22. The summed E-state index contributed by atoms with van der Waals surface area (Å²) in [5, 5.41) is 2.75. The van der Waals surface area contributed by atoms with Gasteiger partial charge in [0.15, 0.2) is 0 Å². The number of thiophene rings is 1. The number of amides is 1. The van der Waals surface area contributed by atoms with Crippen LogP contribution in [0.25, 0.3) is 10.4 Å². The van der Waals surface area contributed by atoms with Crippen LogP contribution in [-0.2, 0) is 20.2 Å². The molecule has 1 aliphatic carbocycles. The predicted molar refractivity (Wildman–Crippen MR) is 117 cm³/mol. The Morgan fingerprint density at radius 3 is 2.55 bits per heavy atom. The summed E-state index contributed by atoms with van der Waals surface area (Å²) in [5.74, 6) is -0.147. The van der Waals surface area contributed by atoms with Gasteiger partial charge in [0.1, 0.15) is 4.21 Å². The van der Waals surface area contributed by atoms with Crippen LogP contribution in [0.5, 0.6) is 0 Å². The maximum absolute atomic E-state index is 12.9. The Morgan fingerprint density at radius 1 is 1.07 bits per heavy atom. The lowest BCUT2D eigenvalue weighted by Crippen LogP contribution is -2.29. The van der Waals surface area contributed by atoms with E-state index in [1.807, 2.05) is 48.5 Å². The first-order chi connectivity index (χ1) is 13.8. The topological polar surface area (TPSA) is 75.3 Å². The van der Waals surface area contributed by atoms with Crippen molar-refractivity contribution in [2.45, 2.75) is 35.9 Å². The monoisotopic (exact) mass is 426 g/mol. The van der Waals surface area contributed by atoms with E-state index in [9.17, 15) is 13.2 Å². The molecular formula is C22H22N2O3S2. The van der Waals surface area contributed by atoms with Gasteiger partial charge in [0, 0.05) is 28.9 Å². The van der Waals surface area contributed by atoms with Gasteiger partial charge in [0.2, 0.25) is 15.9 Å². The van der Waals surface area contributed by atoms with Gasteiger partial charge in [-0.1, -0.05) is 49.4 Å². The zero-order valence-electron chi connectivity index (χ0n) is 16.2. The molecule has 29 heavy (non-hydrogen) atoms. The van der Waals surface area contributed by atoms with E-state index in [-0.39, 0.29) is 17.4 Å². The fourth-order valence-corrected chi connectivity index (χ4v) is 6.16. The van der Waals surface area contributed by atoms with Gasteiger partial charge in [-0.25, -0.2) is 13.1 Å². The Labute approximate surface area is 174 Å². The molecule has 7 heteroatoms. The average molecular weight is 427 g/mol. The second kappa shape index (κ2) is 7.40. The minimum atomic E-state index is -3.59. The third-order valence-corrected chi connectivity index (χ3v) is 8.38. The summed E-state index contributed by atoms with van der Waals surface area (Å²) in [5.41, 5.74) is 2.53. The van der Waals surface area contributed by atoms with Gasteiger partial charge in [-0.2, -0.15) is 0 Å². The maximum Gasteiger partial charge on any atom is 0.250 e. The molecular weight excluding hydrogens is 404 g/mol. The van der Waals surface area contributed by atoms with Crippen molar-refractivity contribution in [1.82, 2.24) is 4.72 Å². The first-order valence-corrected chi connectivity index (χ1v) is 11.6. The molecule has 2 aromatic carbocycles. The molecule has 1 amide bonds. The zero-order chi connectivity index (χ0) is 20.6. The van der Waals surface area contributed by atoms with Gasteiger partial charge < -0.3 is 5.32 Å². The zero-order valence-corrected chi connectivity index (χ0v) is 17.8. The van der Waals surface area contributed by atoms with Crippen LogP contribution in [0.1, 0.15) is 25.8 Å². The Balaban J connectivity index is 1.51. The number of hydrogen-bond donors (Lipinski definition) is 2. The van der Waals surface area contributed by atoms with Crippen LogP contribution in [-0.4, -0.2) is 20.4 Å². The van der Waals surface area contributed by atoms with Crippen molar-refractivity contribution in [3.05, 3.63) is 72.3 Å². The van der Waals surface area contributed by atoms with Crippen molar-refractivity contribution in [3.8, 4) is 10.4 Å². The molecule has 150 valence electrons. The molecule has 0 spiro atoms. The van der Waals surface area contributed by atoms with Crippen LogP contribution in [0.3, 0.4) is 0 Å². The van der Waals surface area contributed by atoms with E-state index in [2.05, 4.69) is 17.0 Å². The molecule has 2 atom stereocenters. The lowest BCUT2D eigenvalue weighted by Gasteiger charge is -2.12. The Morgan fingerprint density at radius 2 is 1.83 bits per heavy atom. The highest BCUT2D eigenvalue weighted by Crippen LogP contribution is 2.48. The SMILES string of the molecule is CC(=O)Nc1cccc(-c2ccc(S(=O)(=O)N[C@H]3C[C@]3(C)c3ccccc3)s2)c1. The normalized spacial score (nSPS) is 21.0. The molecule has 0 bridgehead atoms. The summed E-state index contributed by atoms with van der Waals surface area (Å²) in [4.78, 5) is 12.1. The highest BCUT2D eigenvalue weighted by atomic mass is 32.2. The summed E-state index contributed by atoms with van der Waals surface area (Å²) in [6.45, 7) is 3.54. The van der Waals surface area contributed by atoms with Gasteiger partial charge in [0.05, 0.1) is 0 Å². The van der Waals surface area contributed by atoms with Crippen molar-refractivity contribution in [2.24, 2.45) is 0 Å². The van der Waals surface area contributed by atoms with E-state index in [0.717, 1.165) is 22.4 Å². The Kier molecular flexibility index (Phi) is 5.06. The standard InChI is InChI=1S/C22H22N2O3S2/c1-15(25)23-18-10-6-7-16(13-18)19-11-12-21(28-19)29(26,27)24-20-14-22(20,2)17-8-4-3-5-9-17/h3-13,20,24H,14H2,1-2H3,(H,23,25)/t20-,22+/m0/s1. The summed E-state index contributed by atoms with van der Waals surface area (Å²) in [7, 11) is -3.59. The number of benzene rings is 2. The fourth-order valence-electron chi connectivity index (χ4n) is 3.49. The highest BCUT2D eigenvalue weighted by molar-refractivity contribution is 7.91. The molecule has 3 aromatic rings. The van der Waals surface area contributed by atoms with E-state index in [4.69, 9.17) is 0 Å². The molecule has 0 unspecified atom stereocenters. The maximum atomic E-state index is 12.9. The average Bonchev–Trinajstić information content (AvgIpc) is 3.10. The minimum Gasteiger partial charge on any atom is -0.326 e. The third-order valence-electron chi connectivity index (χ3n) is 5.28. The first kappa shape index (κ1) is 19.8. The Hall–Kier alpha value is -2.48. The van der Waals surface area contributed by atoms with Gasteiger partial charge in [-0.05, 0) is 41.8 Å². The van der Waals surface area contributed by atoms with E-state index in [1.54, 1.807) is 18.2 Å². The minimum absolute atomic E-state index is 0.108. The third kappa shape index (κ3) is 4.12. The molecule has 4 rings (SSSR count). The second-order valence-electron chi connectivity index (χ2n) is 7.54. The molecule has 0 saturated heterocycles. The lowest BCUT2D eigenvalue weighted by molar-refractivity contribution is -0.114. The summed E-state index contributed by atoms with van der Waals surface area (Å²) in [6, 6.07) is 20.7. The van der Waals surface area contributed by atoms with Crippen LogP contribution in [0.4, 0.5) is 5.69 Å². The first-order valence-electron chi connectivity index (χ1n) is 9.34. The van der Waals surface area contributed by atoms with E-state index < -0.39 is 10.0 Å². The molecule has 0 radical (unpaired) electrons. The molecule has 1 aromatic heterocycles. The fraction of sp³-hybridized carbons (Fsp3) is 0.227. The number of sulfonamides is 1. The molecule has 5 nitrogen and oxygen atoms in total. The largest absolute Gasteiger partial charge is 0.326 e. The molecule has 2 N–H and O–H groups in total. The number of carbonyl (C=O) groups is 1. The van der Waals surface area contributed by atoms with Gasteiger partial charge in [-0.3, -0.25) is 4.79 Å². The van der Waals surface area contributed by atoms with Gasteiger partial charge in [-0.15, -0.1) is 11.3 Å². The number of hydrogen-bond acceptors (Lipinski definition) is 4. The van der Waals surface area contributed by atoms with Gasteiger partial charge in [0.25, 0.3) is 0 Å². The Bertz CT molecular complexity index is 1160. The van der Waals surface area contributed by atoms with E-state index >= 15 is 0 Å². The quantitative estimate of drug-likeness (QED) is 0.614. The van der Waals surface area contributed by atoms with Crippen molar-refractivity contribution in [3.63, 3.8) is 0 Å². The molecule has 1 heterocycles. The summed E-state index contributed by atoms with van der Waals surface area (Å²) in [6.07, 6.45) is 0.785. The number of rotatable bonds is 6. The van der Waals surface area contributed by atoms with Gasteiger partial charge >= 0.3 is 0 Å². The van der Waals surface area contributed by atoms with Crippen LogP contribution in [0.2, 0.25) is 0 Å². The van der Waals surface area contributed by atoms with Crippen molar-refractivity contribution >= 4 is 33.0 Å². The molecule has 0 aliphatic heterocycles. The molecule has 1 aliphatic rings. The van der Waals surface area contributed by atoms with E-state index in [1.165, 1.54) is 18.3 Å². The number of anilines is 1. The van der Waals surface area contributed by atoms with Crippen molar-refractivity contribution in [2.75, 3.05) is 5.32 Å². The number of nitrogens with one attached hydrogen (secondary N) is 2. The highest BCUT2D eigenvalue weighted by Gasteiger charge is 2.53. The van der Waals surface area contributed by atoms with E-state index in [0.29, 0.717) is 9.90 Å². The predicted octanol–water partition coefficient (Wildman–Crippen LogP) is 4.38. The van der Waals surface area contributed by atoms with Crippen LogP contribution in [0, 0.1) is 0 Å². The molecule has 1 fully saturated rings. The second-order valence-corrected chi connectivity index (χ2v) is 10.6. The van der Waals surface area contributed by atoms with Crippen LogP contribution in [0.15, 0.2) is 70.9 Å². The van der Waals surface area contributed by atoms with Crippen LogP contribution >= 0.6 is 11.3 Å². The molecule has 1 saturated carbocycles. The summed E-state index contributed by atoms with van der Waals surface area (Å²) < 4.78 is 29.0. The van der Waals surface area contributed by atoms with Crippen LogP contribution < -0.4 is 10.0 Å².